The van der Waals surface area contributed by atoms with Gasteiger partial charge in [0.25, 0.3) is 11.5 Å². The number of benzene rings is 1. The number of carbonyl (C=O) groups is 1. The summed E-state index contributed by atoms with van der Waals surface area (Å²) in [7, 11) is 0. The van der Waals surface area contributed by atoms with Gasteiger partial charge in [-0.2, -0.15) is 18.4 Å². The molecule has 182 valence electrons. The van der Waals surface area contributed by atoms with Crippen LogP contribution < -0.4 is 25.4 Å². The maximum atomic E-state index is 12.8. The van der Waals surface area contributed by atoms with Crippen molar-refractivity contribution in [2.45, 2.75) is 38.9 Å². The van der Waals surface area contributed by atoms with E-state index in [1.165, 1.54) is 23.6 Å². The van der Waals surface area contributed by atoms with Gasteiger partial charge in [-0.25, -0.2) is 0 Å². The summed E-state index contributed by atoms with van der Waals surface area (Å²) in [4.78, 5) is 27.4. The third kappa shape index (κ3) is 6.71. The predicted molar refractivity (Wildman–Crippen MR) is 125 cm³/mol. The van der Waals surface area contributed by atoms with Gasteiger partial charge in [0.05, 0.1) is 0 Å². The largest absolute Gasteiger partial charge is 0.405 e. The molecule has 7 nitrogen and oxygen atoms in total. The van der Waals surface area contributed by atoms with Crippen molar-refractivity contribution in [1.82, 2.24) is 14.8 Å². The van der Waals surface area contributed by atoms with Gasteiger partial charge in [-0.05, 0) is 57.0 Å². The second-order valence-electron chi connectivity index (χ2n) is 7.89. The van der Waals surface area contributed by atoms with Crippen molar-refractivity contribution in [1.29, 1.82) is 5.26 Å². The van der Waals surface area contributed by atoms with Crippen molar-refractivity contribution >= 4 is 34.7 Å². The molecule has 2 N–H and O–H groups in total. The maximum Gasteiger partial charge on any atom is 0.405 e. The molecule has 1 fully saturated rings. The van der Waals surface area contributed by atoms with Crippen molar-refractivity contribution < 1.29 is 18.0 Å². The number of rotatable bonds is 8. The van der Waals surface area contributed by atoms with Crippen molar-refractivity contribution in [2.75, 3.05) is 31.5 Å². The Morgan fingerprint density at radius 2 is 2.03 bits per heavy atom. The van der Waals surface area contributed by atoms with E-state index in [-0.39, 0.29) is 15.7 Å². The van der Waals surface area contributed by atoms with Crippen LogP contribution in [0, 0.1) is 11.3 Å². The standard InChI is InChI=1S/C23H26F3N5O2S/c1-2-31-21(33)19(34-22(31)18(13-27)20(32)29-15-23(24,25)26)14-28-17-7-5-6-16(12-17)8-11-30-9-3-4-10-30/h5-7,12,14,28H,2-4,8-11,15H2,1H3,(H,29,32). The highest BCUT2D eigenvalue weighted by atomic mass is 32.1. The SMILES string of the molecule is CCn1c(=C(C#N)C(=O)NCC(F)(F)F)sc(=CNc2cccc(CCN3CCCC3)c2)c1=O. The van der Waals surface area contributed by atoms with Gasteiger partial charge in [-0.15, -0.1) is 11.3 Å². The number of nitriles is 1. The molecule has 1 aliphatic rings. The molecule has 1 aliphatic heterocycles. The Morgan fingerprint density at radius 3 is 2.68 bits per heavy atom. The molecular formula is C23H26F3N5O2S. The lowest BCUT2D eigenvalue weighted by molar-refractivity contribution is -0.135. The van der Waals surface area contributed by atoms with E-state index >= 15 is 0 Å². The third-order valence-electron chi connectivity index (χ3n) is 5.44. The quantitative estimate of drug-likeness (QED) is 0.585. The van der Waals surface area contributed by atoms with E-state index < -0.39 is 29.8 Å². The second-order valence-corrected chi connectivity index (χ2v) is 8.92. The highest BCUT2D eigenvalue weighted by Crippen LogP contribution is 2.14. The molecule has 0 unspecified atom stereocenters. The van der Waals surface area contributed by atoms with Crippen LogP contribution in [-0.4, -0.2) is 47.7 Å². The van der Waals surface area contributed by atoms with Crippen LogP contribution in [0.25, 0.3) is 11.8 Å². The molecule has 2 aromatic rings. The summed E-state index contributed by atoms with van der Waals surface area (Å²) in [6, 6.07) is 9.46. The molecule has 0 radical (unpaired) electrons. The first-order valence-electron chi connectivity index (χ1n) is 11.0. The van der Waals surface area contributed by atoms with Crippen LogP contribution >= 0.6 is 11.3 Å². The lowest BCUT2D eigenvalue weighted by Crippen LogP contribution is -2.37. The minimum Gasteiger partial charge on any atom is -0.360 e. The number of aromatic nitrogens is 1. The molecule has 34 heavy (non-hydrogen) atoms. The molecule has 0 aliphatic carbocycles. The predicted octanol–water partition coefficient (Wildman–Crippen LogP) is 1.77. The zero-order valence-corrected chi connectivity index (χ0v) is 19.6. The van der Waals surface area contributed by atoms with E-state index in [9.17, 15) is 28.0 Å². The Labute approximate surface area is 198 Å². The highest BCUT2D eigenvalue weighted by molar-refractivity contribution is 7.07. The zero-order valence-electron chi connectivity index (χ0n) is 18.7. The zero-order chi connectivity index (χ0) is 24.7. The fourth-order valence-electron chi connectivity index (χ4n) is 3.72. The average molecular weight is 494 g/mol. The Balaban J connectivity index is 1.84. The number of nitrogens with zero attached hydrogens (tertiary/aromatic N) is 3. The molecule has 0 saturated carbocycles. The maximum absolute atomic E-state index is 12.8. The van der Waals surface area contributed by atoms with Gasteiger partial charge < -0.3 is 15.5 Å². The second kappa shape index (κ2) is 11.4. The van der Waals surface area contributed by atoms with Crippen LogP contribution in [0.15, 0.2) is 29.1 Å². The number of hydrogen-bond donors (Lipinski definition) is 2. The molecule has 11 heteroatoms. The van der Waals surface area contributed by atoms with Crippen molar-refractivity contribution in [3.05, 3.63) is 49.4 Å². The lowest BCUT2D eigenvalue weighted by atomic mass is 10.1. The van der Waals surface area contributed by atoms with E-state index in [1.54, 1.807) is 18.3 Å². The molecule has 3 rings (SSSR count). The van der Waals surface area contributed by atoms with Crippen LogP contribution in [0.3, 0.4) is 0 Å². The van der Waals surface area contributed by atoms with Gasteiger partial charge in [0.2, 0.25) is 0 Å². The number of carbonyl (C=O) groups excluding carboxylic acids is 1. The molecule has 1 saturated heterocycles. The first-order valence-corrected chi connectivity index (χ1v) is 11.8. The number of likely N-dealkylation sites (tertiary alicyclic amines) is 1. The lowest BCUT2D eigenvalue weighted by Gasteiger charge is -2.14. The van der Waals surface area contributed by atoms with Crippen LogP contribution in [0.5, 0.6) is 0 Å². The van der Waals surface area contributed by atoms with E-state index in [2.05, 4.69) is 10.2 Å². The number of thiazole rings is 1. The summed E-state index contributed by atoms with van der Waals surface area (Å²) in [6.07, 6.45) is 0.273. The van der Waals surface area contributed by atoms with E-state index in [4.69, 9.17) is 0 Å². The van der Waals surface area contributed by atoms with Crippen LogP contribution in [0.2, 0.25) is 0 Å². The van der Waals surface area contributed by atoms with Gasteiger partial charge >= 0.3 is 6.18 Å². The highest BCUT2D eigenvalue weighted by Gasteiger charge is 2.28. The molecule has 1 amide bonds. The van der Waals surface area contributed by atoms with Crippen molar-refractivity contribution in [2.24, 2.45) is 0 Å². The van der Waals surface area contributed by atoms with Crippen molar-refractivity contribution in [3.63, 3.8) is 0 Å². The van der Waals surface area contributed by atoms with Crippen LogP contribution in [0.1, 0.15) is 25.3 Å². The molecule has 0 spiro atoms. The molecular weight excluding hydrogens is 467 g/mol. The van der Waals surface area contributed by atoms with Crippen molar-refractivity contribution in [3.8, 4) is 6.07 Å². The van der Waals surface area contributed by atoms with Gasteiger partial charge in [0.1, 0.15) is 21.8 Å². The van der Waals surface area contributed by atoms with Crippen LogP contribution in [0.4, 0.5) is 18.9 Å². The number of nitrogens with one attached hydrogen (secondary N) is 2. The fraction of sp³-hybridized carbons (Fsp3) is 0.435. The minimum atomic E-state index is -4.61. The van der Waals surface area contributed by atoms with E-state index in [0.29, 0.717) is 0 Å². The Morgan fingerprint density at radius 1 is 1.29 bits per heavy atom. The number of alkyl halides is 3. The molecule has 0 bridgehead atoms. The summed E-state index contributed by atoms with van der Waals surface area (Å²) in [5.41, 5.74) is 0.974. The van der Waals surface area contributed by atoms with E-state index in [1.807, 2.05) is 24.3 Å². The minimum absolute atomic E-state index is 0.0158. The number of amides is 1. The summed E-state index contributed by atoms with van der Waals surface area (Å²) >= 11 is 0.880. The fourth-order valence-corrected chi connectivity index (χ4v) is 4.80. The van der Waals surface area contributed by atoms with Gasteiger partial charge in [-0.3, -0.25) is 14.2 Å². The summed E-state index contributed by atoms with van der Waals surface area (Å²) in [6.45, 7) is 3.50. The molecule has 0 atom stereocenters. The normalized spacial score (nSPS) is 15.8. The summed E-state index contributed by atoms with van der Waals surface area (Å²) < 4.78 is 38.8. The monoisotopic (exact) mass is 493 g/mol. The number of anilines is 1. The Kier molecular flexibility index (Phi) is 8.52. The van der Waals surface area contributed by atoms with Gasteiger partial charge in [0, 0.05) is 25.0 Å². The third-order valence-corrected chi connectivity index (χ3v) is 6.57. The Hall–Kier alpha value is -3.10. The average Bonchev–Trinajstić information content (AvgIpc) is 3.43. The molecule has 2 heterocycles. The summed E-state index contributed by atoms with van der Waals surface area (Å²) in [5.74, 6) is -1.17. The smallest absolute Gasteiger partial charge is 0.360 e. The Bertz CT molecular complexity index is 1240. The molecule has 1 aromatic heterocycles. The molecule has 1 aromatic carbocycles. The number of hydrogen-bond acceptors (Lipinski definition) is 6. The van der Waals surface area contributed by atoms with Crippen LogP contribution in [-0.2, 0) is 17.8 Å². The summed E-state index contributed by atoms with van der Waals surface area (Å²) in [5, 5.41) is 14.2. The first kappa shape index (κ1) is 25.5. The number of halogens is 3. The first-order chi connectivity index (χ1) is 16.2. The van der Waals surface area contributed by atoms with Gasteiger partial charge in [0.15, 0.2) is 5.57 Å². The van der Waals surface area contributed by atoms with Gasteiger partial charge in [-0.1, -0.05) is 12.1 Å². The van der Waals surface area contributed by atoms with E-state index in [0.717, 1.165) is 48.6 Å². The topological polar surface area (TPSA) is 90.2 Å².